The third-order valence-corrected chi connectivity index (χ3v) is 6.17. The van der Waals surface area contributed by atoms with E-state index in [1.165, 1.54) is 41.7 Å². The number of benzene rings is 2. The van der Waals surface area contributed by atoms with Crippen LogP contribution in [0.1, 0.15) is 24.2 Å². The fourth-order valence-electron chi connectivity index (χ4n) is 2.59. The van der Waals surface area contributed by atoms with Gasteiger partial charge >= 0.3 is 5.97 Å². The van der Waals surface area contributed by atoms with Crippen LogP contribution in [0.5, 0.6) is 5.75 Å². The van der Waals surface area contributed by atoms with Gasteiger partial charge in [0.2, 0.25) is 10.0 Å². The van der Waals surface area contributed by atoms with Crippen LogP contribution in [-0.4, -0.2) is 51.4 Å². The molecule has 2 aromatic carbocycles. The molecule has 0 atom stereocenters. The number of hydrogen-bond acceptors (Lipinski definition) is 6. The predicted octanol–water partition coefficient (Wildman–Crippen LogP) is 2.52. The second-order valence-corrected chi connectivity index (χ2v) is 7.91. The fraction of sp³-hybridized carbons (Fsp3) is 0.300. The summed E-state index contributed by atoms with van der Waals surface area (Å²) in [5, 5.41) is 2.54. The second-order valence-electron chi connectivity index (χ2n) is 5.97. The molecular weight excluding hydrogens is 396 g/mol. The molecule has 1 N–H and O–H groups in total. The van der Waals surface area contributed by atoms with Crippen LogP contribution in [0, 0.1) is 0 Å². The topological polar surface area (TPSA) is 102 Å². The SMILES string of the molecule is CCN(CC)S(=O)(=O)c1cccc(NC(=O)COC(=O)c2ccc(OC)cc2)c1. The lowest BCUT2D eigenvalue weighted by atomic mass is 10.2. The van der Waals surface area contributed by atoms with Gasteiger partial charge in [-0.25, -0.2) is 13.2 Å². The summed E-state index contributed by atoms with van der Waals surface area (Å²) in [6.07, 6.45) is 0. The van der Waals surface area contributed by atoms with E-state index in [2.05, 4.69) is 5.32 Å². The highest BCUT2D eigenvalue weighted by atomic mass is 32.2. The van der Waals surface area contributed by atoms with Crippen molar-refractivity contribution in [3.63, 3.8) is 0 Å². The first-order valence-corrected chi connectivity index (χ1v) is 10.5. The molecule has 0 heterocycles. The average Bonchev–Trinajstić information content (AvgIpc) is 2.73. The van der Waals surface area contributed by atoms with Crippen molar-refractivity contribution in [2.24, 2.45) is 0 Å². The largest absolute Gasteiger partial charge is 0.497 e. The molecule has 0 aliphatic carbocycles. The molecule has 0 aromatic heterocycles. The number of rotatable bonds is 9. The van der Waals surface area contributed by atoms with Crippen LogP contribution >= 0.6 is 0 Å². The Morgan fingerprint density at radius 1 is 1.03 bits per heavy atom. The summed E-state index contributed by atoms with van der Waals surface area (Å²) < 4.78 is 36.5. The van der Waals surface area contributed by atoms with E-state index in [4.69, 9.17) is 9.47 Å². The molecule has 2 rings (SSSR count). The Balaban J connectivity index is 1.99. The summed E-state index contributed by atoms with van der Waals surface area (Å²) in [7, 11) is -2.13. The molecule has 0 bridgehead atoms. The Bertz CT molecular complexity index is 953. The lowest BCUT2D eigenvalue weighted by Gasteiger charge is -2.18. The Hall–Kier alpha value is -2.91. The molecule has 156 valence electrons. The predicted molar refractivity (Wildman–Crippen MR) is 108 cm³/mol. The second kappa shape index (κ2) is 10.0. The molecule has 1 amide bonds. The summed E-state index contributed by atoms with van der Waals surface area (Å²) in [6.45, 7) is 3.69. The van der Waals surface area contributed by atoms with Crippen LogP contribution in [0.2, 0.25) is 0 Å². The smallest absolute Gasteiger partial charge is 0.338 e. The van der Waals surface area contributed by atoms with Crippen molar-refractivity contribution in [2.45, 2.75) is 18.7 Å². The molecule has 29 heavy (non-hydrogen) atoms. The minimum Gasteiger partial charge on any atom is -0.497 e. The summed E-state index contributed by atoms with van der Waals surface area (Å²) >= 11 is 0. The van der Waals surface area contributed by atoms with Crippen LogP contribution in [0.4, 0.5) is 5.69 Å². The van der Waals surface area contributed by atoms with Crippen molar-refractivity contribution in [1.29, 1.82) is 0 Å². The van der Waals surface area contributed by atoms with Crippen molar-refractivity contribution < 1.29 is 27.5 Å². The maximum Gasteiger partial charge on any atom is 0.338 e. The number of hydrogen-bond donors (Lipinski definition) is 1. The number of nitrogens with zero attached hydrogens (tertiary/aromatic N) is 1. The lowest BCUT2D eigenvalue weighted by Crippen LogP contribution is -2.30. The quantitative estimate of drug-likeness (QED) is 0.626. The highest BCUT2D eigenvalue weighted by Gasteiger charge is 2.22. The van der Waals surface area contributed by atoms with Crippen LogP contribution < -0.4 is 10.1 Å². The number of nitrogens with one attached hydrogen (secondary N) is 1. The number of ether oxygens (including phenoxy) is 2. The summed E-state index contributed by atoms with van der Waals surface area (Å²) in [5.74, 6) is -0.635. The number of carbonyl (C=O) groups excluding carboxylic acids is 2. The molecule has 9 heteroatoms. The maximum absolute atomic E-state index is 12.6. The minimum atomic E-state index is -3.64. The van der Waals surface area contributed by atoms with Gasteiger partial charge in [0.05, 0.1) is 17.6 Å². The van der Waals surface area contributed by atoms with E-state index in [1.807, 2.05) is 0 Å². The first-order valence-electron chi connectivity index (χ1n) is 9.03. The van der Waals surface area contributed by atoms with Gasteiger partial charge in [-0.15, -0.1) is 0 Å². The van der Waals surface area contributed by atoms with E-state index in [0.29, 0.717) is 24.5 Å². The van der Waals surface area contributed by atoms with E-state index >= 15 is 0 Å². The van der Waals surface area contributed by atoms with Crippen LogP contribution in [-0.2, 0) is 19.6 Å². The van der Waals surface area contributed by atoms with Crippen molar-refractivity contribution in [1.82, 2.24) is 4.31 Å². The highest BCUT2D eigenvalue weighted by Crippen LogP contribution is 2.19. The molecule has 2 aromatic rings. The number of methoxy groups -OCH3 is 1. The molecule has 0 aliphatic heterocycles. The highest BCUT2D eigenvalue weighted by molar-refractivity contribution is 7.89. The average molecular weight is 420 g/mol. The van der Waals surface area contributed by atoms with Crippen LogP contribution in [0.15, 0.2) is 53.4 Å². The summed E-state index contributed by atoms with van der Waals surface area (Å²) in [4.78, 5) is 24.2. The van der Waals surface area contributed by atoms with Gasteiger partial charge in [0, 0.05) is 18.8 Å². The van der Waals surface area contributed by atoms with Crippen LogP contribution in [0.3, 0.4) is 0 Å². The molecule has 0 aliphatic rings. The van der Waals surface area contributed by atoms with Crippen molar-refractivity contribution >= 4 is 27.6 Å². The Labute approximate surface area is 170 Å². The van der Waals surface area contributed by atoms with E-state index in [-0.39, 0.29) is 10.5 Å². The molecule has 0 fully saturated rings. The van der Waals surface area contributed by atoms with Gasteiger partial charge in [-0.2, -0.15) is 4.31 Å². The zero-order valence-corrected chi connectivity index (χ0v) is 17.4. The van der Waals surface area contributed by atoms with Gasteiger partial charge in [0.25, 0.3) is 5.91 Å². The van der Waals surface area contributed by atoms with Gasteiger partial charge in [-0.3, -0.25) is 4.79 Å². The standard InChI is InChI=1S/C20H24N2O6S/c1-4-22(5-2)29(25,26)18-8-6-7-16(13-18)21-19(23)14-28-20(24)15-9-11-17(27-3)12-10-15/h6-13H,4-5,14H2,1-3H3,(H,21,23). The third kappa shape index (κ3) is 5.78. The number of carbonyl (C=O) groups is 2. The zero-order chi connectivity index (χ0) is 21.4. The molecule has 0 saturated heterocycles. The van der Waals surface area contributed by atoms with Gasteiger partial charge in [0.1, 0.15) is 5.75 Å². The maximum atomic E-state index is 12.6. The van der Waals surface area contributed by atoms with E-state index in [0.717, 1.165) is 0 Å². The number of esters is 1. The summed E-state index contributed by atoms with van der Waals surface area (Å²) in [6, 6.07) is 12.2. The third-order valence-electron chi connectivity index (χ3n) is 4.12. The Morgan fingerprint density at radius 2 is 1.69 bits per heavy atom. The first-order chi connectivity index (χ1) is 13.8. The van der Waals surface area contributed by atoms with Crippen molar-refractivity contribution in [3.8, 4) is 5.75 Å². The van der Waals surface area contributed by atoms with Gasteiger partial charge in [-0.1, -0.05) is 19.9 Å². The molecule has 0 saturated carbocycles. The minimum absolute atomic E-state index is 0.0780. The molecular formula is C20H24N2O6S. The lowest BCUT2D eigenvalue weighted by molar-refractivity contribution is -0.119. The number of sulfonamides is 1. The van der Waals surface area contributed by atoms with Gasteiger partial charge in [-0.05, 0) is 42.5 Å². The van der Waals surface area contributed by atoms with E-state index in [1.54, 1.807) is 32.0 Å². The fourth-order valence-corrected chi connectivity index (χ4v) is 4.09. The molecule has 0 spiro atoms. The van der Waals surface area contributed by atoms with Crippen molar-refractivity contribution in [2.75, 3.05) is 32.1 Å². The van der Waals surface area contributed by atoms with E-state index < -0.39 is 28.5 Å². The van der Waals surface area contributed by atoms with Crippen LogP contribution in [0.25, 0.3) is 0 Å². The number of anilines is 1. The summed E-state index contributed by atoms with van der Waals surface area (Å²) in [5.41, 5.74) is 0.578. The molecule has 0 radical (unpaired) electrons. The number of amides is 1. The molecule has 8 nitrogen and oxygen atoms in total. The monoisotopic (exact) mass is 420 g/mol. The van der Waals surface area contributed by atoms with Crippen molar-refractivity contribution in [3.05, 3.63) is 54.1 Å². The van der Waals surface area contributed by atoms with Gasteiger partial charge in [0.15, 0.2) is 6.61 Å². The first kappa shape index (κ1) is 22.4. The van der Waals surface area contributed by atoms with E-state index in [9.17, 15) is 18.0 Å². The normalized spacial score (nSPS) is 11.2. The molecule has 0 unspecified atom stereocenters. The zero-order valence-electron chi connectivity index (χ0n) is 16.5. The van der Waals surface area contributed by atoms with Gasteiger partial charge < -0.3 is 14.8 Å². The Kier molecular flexibility index (Phi) is 7.74. The Morgan fingerprint density at radius 3 is 2.28 bits per heavy atom.